The summed E-state index contributed by atoms with van der Waals surface area (Å²) in [7, 11) is 0. The second-order valence-corrected chi connectivity index (χ2v) is 3.92. The molecule has 0 saturated carbocycles. The highest BCUT2D eigenvalue weighted by Crippen LogP contribution is 2.13. The largest absolute Gasteiger partial charge is 0.477 e. The molecule has 14 heavy (non-hydrogen) atoms. The van der Waals surface area contributed by atoms with Crippen LogP contribution in [0.3, 0.4) is 0 Å². The van der Waals surface area contributed by atoms with Gasteiger partial charge in [0.1, 0.15) is 0 Å². The molecule has 0 aromatic rings. The number of hydrogen-bond donors (Lipinski definition) is 2. The van der Waals surface area contributed by atoms with E-state index in [0.717, 1.165) is 6.42 Å². The number of aliphatic carboxylic acids is 1. The lowest BCUT2D eigenvalue weighted by Crippen LogP contribution is -2.43. The first-order valence-corrected chi connectivity index (χ1v) is 4.60. The molecule has 84 valence electrons. The van der Waals surface area contributed by atoms with Crippen LogP contribution < -0.4 is 5.32 Å². The monoisotopic (exact) mass is 209 g/mol. The Kier molecular flexibility index (Phi) is 4.97. The van der Waals surface area contributed by atoms with Crippen LogP contribution >= 0.6 is 0 Å². The Morgan fingerprint density at radius 1 is 1.43 bits per heavy atom. The minimum Gasteiger partial charge on any atom is -0.477 e. The van der Waals surface area contributed by atoms with Gasteiger partial charge in [0.25, 0.3) is 0 Å². The zero-order valence-electron chi connectivity index (χ0n) is 8.68. The highest BCUT2D eigenvalue weighted by atomic mass is 19.3. The molecule has 5 heteroatoms. The molecule has 0 fully saturated rings. The predicted octanol–water partition coefficient (Wildman–Crippen LogP) is 1.73. The van der Waals surface area contributed by atoms with Gasteiger partial charge < -0.3 is 10.4 Å². The summed E-state index contributed by atoms with van der Waals surface area (Å²) in [6.45, 7) is 4.91. The molecule has 0 spiro atoms. The van der Waals surface area contributed by atoms with E-state index in [2.05, 4.69) is 5.32 Å². The Bertz CT molecular complexity index is 195. The number of alkyl halides is 2. The summed E-state index contributed by atoms with van der Waals surface area (Å²) in [6, 6.07) is -0.0970. The second-order valence-electron chi connectivity index (χ2n) is 3.92. The smallest absolute Gasteiger partial charge is 0.375 e. The number of rotatable bonds is 6. The van der Waals surface area contributed by atoms with Gasteiger partial charge in [-0.2, -0.15) is 8.78 Å². The molecule has 0 aliphatic heterocycles. The molecule has 0 heterocycles. The summed E-state index contributed by atoms with van der Waals surface area (Å²) in [5, 5.41) is 10.7. The van der Waals surface area contributed by atoms with Crippen molar-refractivity contribution < 1.29 is 18.7 Å². The number of halogens is 2. The summed E-state index contributed by atoms with van der Waals surface area (Å²) in [5.74, 6) is -5.36. The van der Waals surface area contributed by atoms with Crippen molar-refractivity contribution in [3.63, 3.8) is 0 Å². The van der Waals surface area contributed by atoms with E-state index in [-0.39, 0.29) is 6.04 Å². The lowest BCUT2D eigenvalue weighted by atomic mass is 10.1. The van der Waals surface area contributed by atoms with Crippen molar-refractivity contribution in [1.82, 2.24) is 5.32 Å². The Balaban J connectivity index is 3.87. The quantitative estimate of drug-likeness (QED) is 0.700. The molecule has 0 radical (unpaired) electrons. The molecule has 0 rings (SSSR count). The van der Waals surface area contributed by atoms with E-state index < -0.39 is 18.4 Å². The van der Waals surface area contributed by atoms with E-state index in [1.54, 1.807) is 6.92 Å². The lowest BCUT2D eigenvalue weighted by Gasteiger charge is -2.18. The van der Waals surface area contributed by atoms with Crippen molar-refractivity contribution >= 4 is 5.97 Å². The standard InChI is InChI=1S/C9H17F2NO2/c1-6(2)4-7(3)12-5-9(10,11)8(13)14/h6-7,12H,4-5H2,1-3H3,(H,13,14). The van der Waals surface area contributed by atoms with Gasteiger partial charge in [-0.15, -0.1) is 0 Å². The maximum atomic E-state index is 12.6. The van der Waals surface area contributed by atoms with Crippen molar-refractivity contribution in [2.75, 3.05) is 6.54 Å². The number of carbonyl (C=O) groups is 1. The van der Waals surface area contributed by atoms with E-state index in [4.69, 9.17) is 5.11 Å². The third-order valence-corrected chi connectivity index (χ3v) is 1.81. The number of carboxylic acids is 1. The van der Waals surface area contributed by atoms with Crippen molar-refractivity contribution in [1.29, 1.82) is 0 Å². The molecule has 0 aromatic carbocycles. The summed E-state index contributed by atoms with van der Waals surface area (Å²) < 4.78 is 25.2. The summed E-state index contributed by atoms with van der Waals surface area (Å²) in [5.41, 5.74) is 0. The van der Waals surface area contributed by atoms with Crippen molar-refractivity contribution in [3.8, 4) is 0 Å². The van der Waals surface area contributed by atoms with Crippen LogP contribution in [-0.2, 0) is 4.79 Å². The Morgan fingerprint density at radius 2 is 1.93 bits per heavy atom. The molecule has 0 amide bonds. The molecular formula is C9H17F2NO2. The van der Waals surface area contributed by atoms with Crippen LogP contribution in [0.4, 0.5) is 8.78 Å². The zero-order valence-corrected chi connectivity index (χ0v) is 8.68. The van der Waals surface area contributed by atoms with Crippen LogP contribution in [0.15, 0.2) is 0 Å². The molecular weight excluding hydrogens is 192 g/mol. The van der Waals surface area contributed by atoms with Crippen molar-refractivity contribution in [2.24, 2.45) is 5.92 Å². The van der Waals surface area contributed by atoms with E-state index in [9.17, 15) is 13.6 Å². The van der Waals surface area contributed by atoms with E-state index in [1.807, 2.05) is 13.8 Å². The van der Waals surface area contributed by atoms with Gasteiger partial charge in [0.05, 0.1) is 6.54 Å². The van der Waals surface area contributed by atoms with Gasteiger partial charge in [-0.1, -0.05) is 13.8 Å². The van der Waals surface area contributed by atoms with Gasteiger partial charge in [-0.05, 0) is 19.3 Å². The van der Waals surface area contributed by atoms with Crippen LogP contribution in [0.5, 0.6) is 0 Å². The highest BCUT2D eigenvalue weighted by molar-refractivity contribution is 5.75. The Hall–Kier alpha value is -0.710. The van der Waals surface area contributed by atoms with Crippen LogP contribution in [0.2, 0.25) is 0 Å². The Morgan fingerprint density at radius 3 is 2.29 bits per heavy atom. The predicted molar refractivity (Wildman–Crippen MR) is 49.5 cm³/mol. The van der Waals surface area contributed by atoms with Crippen LogP contribution in [0.1, 0.15) is 27.2 Å². The van der Waals surface area contributed by atoms with Gasteiger partial charge in [-0.25, -0.2) is 4.79 Å². The molecule has 1 atom stereocenters. The van der Waals surface area contributed by atoms with Gasteiger partial charge in [0, 0.05) is 6.04 Å². The fourth-order valence-corrected chi connectivity index (χ4v) is 1.17. The molecule has 3 nitrogen and oxygen atoms in total. The minimum absolute atomic E-state index is 0.0970. The fraction of sp³-hybridized carbons (Fsp3) is 0.889. The van der Waals surface area contributed by atoms with E-state index >= 15 is 0 Å². The van der Waals surface area contributed by atoms with Gasteiger partial charge in [0.15, 0.2) is 0 Å². The normalized spacial score (nSPS) is 14.4. The minimum atomic E-state index is -3.68. The highest BCUT2D eigenvalue weighted by Gasteiger charge is 2.38. The average molecular weight is 209 g/mol. The molecule has 0 aromatic heterocycles. The third kappa shape index (κ3) is 5.11. The number of hydrogen-bond acceptors (Lipinski definition) is 2. The first kappa shape index (κ1) is 13.3. The molecule has 0 bridgehead atoms. The maximum absolute atomic E-state index is 12.6. The average Bonchev–Trinajstić information content (AvgIpc) is 1.99. The lowest BCUT2D eigenvalue weighted by molar-refractivity contribution is -0.164. The first-order chi connectivity index (χ1) is 6.25. The van der Waals surface area contributed by atoms with E-state index in [0.29, 0.717) is 5.92 Å². The molecule has 0 aliphatic carbocycles. The summed E-state index contributed by atoms with van der Waals surface area (Å²) >= 11 is 0. The van der Waals surface area contributed by atoms with Gasteiger partial charge in [0.2, 0.25) is 0 Å². The number of carboxylic acid groups (broad SMARTS) is 1. The summed E-state index contributed by atoms with van der Waals surface area (Å²) in [4.78, 5) is 10.1. The van der Waals surface area contributed by atoms with Crippen molar-refractivity contribution in [3.05, 3.63) is 0 Å². The van der Waals surface area contributed by atoms with Crippen LogP contribution in [0, 0.1) is 5.92 Å². The Labute approximate surface area is 82.5 Å². The van der Waals surface area contributed by atoms with Crippen molar-refractivity contribution in [2.45, 2.75) is 39.2 Å². The van der Waals surface area contributed by atoms with Gasteiger partial charge in [-0.3, -0.25) is 0 Å². The summed E-state index contributed by atoms with van der Waals surface area (Å²) in [6.07, 6.45) is 0.746. The maximum Gasteiger partial charge on any atom is 0.375 e. The molecule has 0 saturated heterocycles. The SMILES string of the molecule is CC(C)CC(C)NCC(F)(F)C(=O)O. The van der Waals surface area contributed by atoms with Crippen LogP contribution in [-0.4, -0.2) is 29.6 Å². The van der Waals surface area contributed by atoms with Crippen LogP contribution in [0.25, 0.3) is 0 Å². The van der Waals surface area contributed by atoms with Gasteiger partial charge >= 0.3 is 11.9 Å². The first-order valence-electron chi connectivity index (χ1n) is 4.60. The third-order valence-electron chi connectivity index (χ3n) is 1.81. The molecule has 0 aliphatic rings. The van der Waals surface area contributed by atoms with E-state index in [1.165, 1.54) is 0 Å². The fourth-order valence-electron chi connectivity index (χ4n) is 1.17. The zero-order chi connectivity index (χ0) is 11.4. The topological polar surface area (TPSA) is 49.3 Å². The molecule has 2 N–H and O–H groups in total. The second kappa shape index (κ2) is 5.24. The number of nitrogens with one attached hydrogen (secondary N) is 1. The molecule has 1 unspecified atom stereocenters.